The fourth-order valence-electron chi connectivity index (χ4n) is 1.21. The van der Waals surface area contributed by atoms with Crippen LogP contribution in [0.25, 0.3) is 0 Å². The molecule has 0 saturated heterocycles. The summed E-state index contributed by atoms with van der Waals surface area (Å²) in [5.41, 5.74) is -0.0866. The van der Waals surface area contributed by atoms with Crippen LogP contribution < -0.4 is 0 Å². The molecule has 0 heterocycles. The Balaban J connectivity index is 4.11. The van der Waals surface area contributed by atoms with Crippen LogP contribution in [0.3, 0.4) is 0 Å². The number of nitrogens with zero attached hydrogens (tertiary/aromatic N) is 1. The van der Waals surface area contributed by atoms with E-state index in [1.54, 1.807) is 6.92 Å². The Morgan fingerprint density at radius 3 is 2.21 bits per heavy atom. The molecule has 0 aromatic rings. The molecule has 0 radical (unpaired) electrons. The topological polar surface area (TPSA) is 55.8 Å². The number of rotatable bonds is 7. The second-order valence-electron chi connectivity index (χ2n) is 5.70. The summed E-state index contributed by atoms with van der Waals surface area (Å²) < 4.78 is 10.2. The van der Waals surface area contributed by atoms with Gasteiger partial charge in [0.15, 0.2) is 0 Å². The minimum atomic E-state index is -0.468. The molecule has 1 amide bonds. The SMILES string of the molecule is CCCCOC(=O)CN(CC)C(=O)OCC(C)(C)C. The van der Waals surface area contributed by atoms with Crippen LogP contribution in [0.5, 0.6) is 0 Å². The first kappa shape index (κ1) is 17.7. The average molecular weight is 273 g/mol. The van der Waals surface area contributed by atoms with Crippen LogP contribution in [0.4, 0.5) is 4.79 Å². The monoisotopic (exact) mass is 273 g/mol. The first-order valence-electron chi connectivity index (χ1n) is 6.87. The summed E-state index contributed by atoms with van der Waals surface area (Å²) in [5.74, 6) is -0.386. The number of amides is 1. The minimum absolute atomic E-state index is 0.0524. The molecule has 0 aliphatic rings. The van der Waals surface area contributed by atoms with Crippen LogP contribution >= 0.6 is 0 Å². The fourth-order valence-corrected chi connectivity index (χ4v) is 1.21. The standard InChI is InChI=1S/C14H27NO4/c1-6-8-9-18-12(16)10-15(7-2)13(17)19-11-14(3,4)5/h6-11H2,1-5H3. The lowest BCUT2D eigenvalue weighted by Gasteiger charge is -2.23. The highest BCUT2D eigenvalue weighted by molar-refractivity contribution is 5.78. The number of ether oxygens (including phenoxy) is 2. The molecule has 112 valence electrons. The molecule has 0 unspecified atom stereocenters. The number of unbranched alkanes of at least 4 members (excludes halogenated alkanes) is 1. The predicted octanol–water partition coefficient (Wildman–Crippen LogP) is 2.83. The normalized spacial score (nSPS) is 11.0. The van der Waals surface area contributed by atoms with E-state index >= 15 is 0 Å². The number of hydrogen-bond donors (Lipinski definition) is 0. The van der Waals surface area contributed by atoms with Crippen LogP contribution in [0, 0.1) is 5.41 Å². The number of carbonyl (C=O) groups is 2. The van der Waals surface area contributed by atoms with E-state index in [9.17, 15) is 9.59 Å². The van der Waals surface area contributed by atoms with E-state index in [0.29, 0.717) is 19.8 Å². The van der Waals surface area contributed by atoms with E-state index in [-0.39, 0.29) is 17.9 Å². The van der Waals surface area contributed by atoms with Gasteiger partial charge in [0.2, 0.25) is 0 Å². The van der Waals surface area contributed by atoms with Crippen molar-refractivity contribution < 1.29 is 19.1 Å². The van der Waals surface area contributed by atoms with Gasteiger partial charge in [0.25, 0.3) is 0 Å². The summed E-state index contributed by atoms with van der Waals surface area (Å²) in [5, 5.41) is 0. The molecule has 0 fully saturated rings. The fraction of sp³-hybridized carbons (Fsp3) is 0.857. The first-order chi connectivity index (χ1) is 8.80. The highest BCUT2D eigenvalue weighted by atomic mass is 16.6. The zero-order chi connectivity index (χ0) is 14.9. The molecule has 0 atom stereocenters. The summed E-state index contributed by atoms with van der Waals surface area (Å²) in [6.07, 6.45) is 1.34. The number of esters is 1. The molecule has 0 aromatic carbocycles. The summed E-state index contributed by atoms with van der Waals surface area (Å²) in [6, 6.07) is 0. The molecule has 5 heteroatoms. The lowest BCUT2D eigenvalue weighted by molar-refractivity contribution is -0.144. The summed E-state index contributed by atoms with van der Waals surface area (Å²) in [4.78, 5) is 24.7. The van der Waals surface area contributed by atoms with Gasteiger partial charge >= 0.3 is 12.1 Å². The quantitative estimate of drug-likeness (QED) is 0.528. The first-order valence-corrected chi connectivity index (χ1v) is 6.87. The second-order valence-corrected chi connectivity index (χ2v) is 5.70. The Labute approximate surface area is 116 Å². The van der Waals surface area contributed by atoms with Gasteiger partial charge in [0.1, 0.15) is 6.54 Å². The highest BCUT2D eigenvalue weighted by Gasteiger charge is 2.20. The van der Waals surface area contributed by atoms with E-state index in [1.165, 1.54) is 4.90 Å². The maximum Gasteiger partial charge on any atom is 0.410 e. The highest BCUT2D eigenvalue weighted by Crippen LogP contribution is 2.13. The van der Waals surface area contributed by atoms with Crippen LogP contribution in [-0.2, 0) is 14.3 Å². The molecule has 5 nitrogen and oxygen atoms in total. The summed E-state index contributed by atoms with van der Waals surface area (Å²) in [7, 11) is 0. The van der Waals surface area contributed by atoms with Gasteiger partial charge in [-0.15, -0.1) is 0 Å². The third kappa shape index (κ3) is 9.33. The molecule has 0 aliphatic carbocycles. The van der Waals surface area contributed by atoms with Gasteiger partial charge in [-0.2, -0.15) is 0 Å². The smallest absolute Gasteiger partial charge is 0.410 e. The lowest BCUT2D eigenvalue weighted by Crippen LogP contribution is -2.38. The van der Waals surface area contributed by atoms with Gasteiger partial charge < -0.3 is 9.47 Å². The lowest BCUT2D eigenvalue weighted by atomic mass is 9.99. The van der Waals surface area contributed by atoms with Gasteiger partial charge in [-0.1, -0.05) is 34.1 Å². The van der Waals surface area contributed by atoms with Gasteiger partial charge in [0.05, 0.1) is 13.2 Å². The summed E-state index contributed by atoms with van der Waals surface area (Å²) in [6.45, 7) is 10.9. The molecular formula is C14H27NO4. The van der Waals surface area contributed by atoms with Crippen molar-refractivity contribution in [1.29, 1.82) is 0 Å². The van der Waals surface area contributed by atoms with Crippen molar-refractivity contribution >= 4 is 12.1 Å². The molecule has 0 rings (SSSR count). The van der Waals surface area contributed by atoms with Crippen molar-refractivity contribution in [3.05, 3.63) is 0 Å². The Kier molecular flexibility index (Phi) is 8.19. The van der Waals surface area contributed by atoms with E-state index < -0.39 is 6.09 Å². The number of carbonyl (C=O) groups excluding carboxylic acids is 2. The van der Waals surface area contributed by atoms with Crippen LogP contribution in [0.1, 0.15) is 47.5 Å². The molecule has 19 heavy (non-hydrogen) atoms. The van der Waals surface area contributed by atoms with E-state index in [0.717, 1.165) is 12.8 Å². The third-order valence-electron chi connectivity index (χ3n) is 2.35. The number of likely N-dealkylation sites (N-methyl/N-ethyl adjacent to an activating group) is 1. The van der Waals surface area contributed by atoms with Gasteiger partial charge in [-0.05, 0) is 18.8 Å². The van der Waals surface area contributed by atoms with Crippen LogP contribution in [0.2, 0.25) is 0 Å². The summed E-state index contributed by atoms with van der Waals surface area (Å²) >= 11 is 0. The third-order valence-corrected chi connectivity index (χ3v) is 2.35. The molecule has 0 aromatic heterocycles. The maximum atomic E-state index is 11.8. The van der Waals surface area contributed by atoms with E-state index in [2.05, 4.69) is 0 Å². The molecular weight excluding hydrogens is 246 g/mol. The van der Waals surface area contributed by atoms with Crippen molar-refractivity contribution in [1.82, 2.24) is 4.90 Å². The van der Waals surface area contributed by atoms with E-state index in [4.69, 9.17) is 9.47 Å². The molecule has 0 bridgehead atoms. The van der Waals surface area contributed by atoms with Crippen LogP contribution in [0.15, 0.2) is 0 Å². The molecule has 0 spiro atoms. The Bertz CT molecular complexity index is 284. The van der Waals surface area contributed by atoms with Crippen molar-refractivity contribution in [2.24, 2.45) is 5.41 Å². The zero-order valence-corrected chi connectivity index (χ0v) is 12.8. The maximum absolute atomic E-state index is 11.8. The molecule has 0 aliphatic heterocycles. The van der Waals surface area contributed by atoms with Gasteiger partial charge in [-0.25, -0.2) is 4.79 Å². The Morgan fingerprint density at radius 1 is 1.11 bits per heavy atom. The largest absolute Gasteiger partial charge is 0.464 e. The van der Waals surface area contributed by atoms with Crippen LogP contribution in [-0.4, -0.2) is 43.3 Å². The van der Waals surface area contributed by atoms with Crippen molar-refractivity contribution in [2.75, 3.05) is 26.3 Å². The Hall–Kier alpha value is -1.26. The zero-order valence-electron chi connectivity index (χ0n) is 12.8. The van der Waals surface area contributed by atoms with Crippen molar-refractivity contribution in [2.45, 2.75) is 47.5 Å². The van der Waals surface area contributed by atoms with Gasteiger partial charge in [-0.3, -0.25) is 9.69 Å². The average Bonchev–Trinajstić information content (AvgIpc) is 2.32. The Morgan fingerprint density at radius 2 is 1.74 bits per heavy atom. The van der Waals surface area contributed by atoms with Gasteiger partial charge in [0, 0.05) is 6.54 Å². The second kappa shape index (κ2) is 8.77. The molecule has 0 saturated carbocycles. The predicted molar refractivity (Wildman–Crippen MR) is 73.9 cm³/mol. The minimum Gasteiger partial charge on any atom is -0.464 e. The number of hydrogen-bond acceptors (Lipinski definition) is 4. The van der Waals surface area contributed by atoms with E-state index in [1.807, 2.05) is 27.7 Å². The van der Waals surface area contributed by atoms with Crippen molar-refractivity contribution in [3.63, 3.8) is 0 Å². The molecule has 0 N–H and O–H groups in total. The van der Waals surface area contributed by atoms with Crippen molar-refractivity contribution in [3.8, 4) is 0 Å².